The molecule has 150 valence electrons. The molecule has 3 aromatic heterocycles. The first-order valence-electron chi connectivity index (χ1n) is 9.88. The Kier molecular flexibility index (Phi) is 4.48. The first-order chi connectivity index (χ1) is 14.1. The van der Waals surface area contributed by atoms with Crippen molar-refractivity contribution in [2.75, 3.05) is 19.7 Å². The molecule has 5 heterocycles. The van der Waals surface area contributed by atoms with E-state index in [0.29, 0.717) is 18.8 Å². The van der Waals surface area contributed by atoms with Crippen LogP contribution in [0.15, 0.2) is 31.0 Å². The number of fused-ring (bicyclic) bond motifs is 2. The molecule has 0 aliphatic carbocycles. The Morgan fingerprint density at radius 2 is 2.07 bits per heavy atom. The molecule has 1 spiro atoms. The predicted octanol–water partition coefficient (Wildman–Crippen LogP) is 2.95. The minimum Gasteiger partial charge on any atom is -0.370 e. The van der Waals surface area contributed by atoms with Crippen LogP contribution in [0.4, 0.5) is 0 Å². The normalized spacial score (nSPS) is 18.1. The number of piperidine rings is 1. The lowest BCUT2D eigenvalue weighted by Gasteiger charge is -2.44. The zero-order valence-electron chi connectivity index (χ0n) is 16.6. The highest BCUT2D eigenvalue weighted by Crippen LogP contribution is 2.46. The van der Waals surface area contributed by atoms with Crippen LogP contribution < -0.4 is 0 Å². The quantitative estimate of drug-likeness (QED) is 0.651. The number of ether oxygens (including phenoxy) is 1. The molecule has 7 nitrogen and oxygen atoms in total. The lowest BCUT2D eigenvalue weighted by atomic mass is 9.82. The average Bonchev–Trinajstić information content (AvgIpc) is 3.33. The van der Waals surface area contributed by atoms with Gasteiger partial charge in [0.2, 0.25) is 0 Å². The number of aryl methyl sites for hydroxylation is 2. The molecule has 2 aliphatic heterocycles. The molecule has 5 rings (SSSR count). The van der Waals surface area contributed by atoms with Crippen LogP contribution in [0.3, 0.4) is 0 Å². The van der Waals surface area contributed by atoms with Gasteiger partial charge >= 0.3 is 0 Å². The van der Waals surface area contributed by atoms with Gasteiger partial charge in [-0.2, -0.15) is 0 Å². The Bertz CT molecular complexity index is 1030. The van der Waals surface area contributed by atoms with Gasteiger partial charge in [-0.3, -0.25) is 14.8 Å². The lowest BCUT2D eigenvalue weighted by Crippen LogP contribution is -2.48. The average molecular weight is 410 g/mol. The first-order valence-corrected chi connectivity index (χ1v) is 10.7. The van der Waals surface area contributed by atoms with Gasteiger partial charge in [-0.25, -0.2) is 4.98 Å². The fourth-order valence-corrected chi connectivity index (χ4v) is 5.65. The van der Waals surface area contributed by atoms with E-state index in [1.807, 2.05) is 29.6 Å². The summed E-state index contributed by atoms with van der Waals surface area (Å²) >= 11 is 1.79. The van der Waals surface area contributed by atoms with Gasteiger partial charge in [-0.05, 0) is 31.4 Å². The maximum absolute atomic E-state index is 13.0. The molecule has 2 aliphatic rings. The summed E-state index contributed by atoms with van der Waals surface area (Å²) in [5.74, 6) is 0.0546. The summed E-state index contributed by atoms with van der Waals surface area (Å²) in [5, 5.41) is 0. The van der Waals surface area contributed by atoms with Crippen LogP contribution in [0.2, 0.25) is 0 Å². The van der Waals surface area contributed by atoms with Crippen LogP contribution >= 0.6 is 11.3 Å². The highest BCUT2D eigenvalue weighted by molar-refractivity contribution is 7.15. The zero-order chi connectivity index (χ0) is 20.0. The van der Waals surface area contributed by atoms with Crippen molar-refractivity contribution in [1.29, 1.82) is 0 Å². The number of nitrogens with zero attached hydrogens (tertiary/aromatic N) is 5. The fourth-order valence-electron chi connectivity index (χ4n) is 4.46. The molecule has 1 amide bonds. The molecule has 29 heavy (non-hydrogen) atoms. The maximum Gasteiger partial charge on any atom is 0.272 e. The Hall–Kier alpha value is -2.58. The highest BCUT2D eigenvalue weighted by atomic mass is 32.1. The van der Waals surface area contributed by atoms with E-state index >= 15 is 0 Å². The van der Waals surface area contributed by atoms with E-state index in [4.69, 9.17) is 4.74 Å². The van der Waals surface area contributed by atoms with Crippen molar-refractivity contribution in [3.8, 4) is 10.6 Å². The van der Waals surface area contributed by atoms with Crippen molar-refractivity contribution in [2.24, 2.45) is 7.05 Å². The van der Waals surface area contributed by atoms with Crippen LogP contribution in [0.1, 0.15) is 39.5 Å². The highest BCUT2D eigenvalue weighted by Gasteiger charge is 2.43. The van der Waals surface area contributed by atoms with Gasteiger partial charge in [0.05, 0.1) is 41.0 Å². The second-order valence-electron chi connectivity index (χ2n) is 7.71. The summed E-state index contributed by atoms with van der Waals surface area (Å²) in [6.07, 6.45) is 9.47. The third-order valence-corrected chi connectivity index (χ3v) is 7.22. The van der Waals surface area contributed by atoms with Crippen molar-refractivity contribution >= 4 is 17.2 Å². The summed E-state index contributed by atoms with van der Waals surface area (Å²) < 4.78 is 8.17. The Labute approximate surface area is 173 Å². The van der Waals surface area contributed by atoms with Gasteiger partial charge in [-0.15, -0.1) is 11.3 Å². The number of likely N-dealkylation sites (tertiary alicyclic amines) is 1. The number of hydrogen-bond acceptors (Lipinski definition) is 6. The standard InChI is InChI=1S/C21H23N5O2S/c1-14-19(25(2)13-24-14)20(27)26-8-4-21(5-9-26)15-11-18(16-12-22-6-7-23-16)29-17(15)3-10-28-21/h6-7,11-13H,3-5,8-10H2,1-2H3. The molecule has 0 saturated carbocycles. The van der Waals surface area contributed by atoms with E-state index in [1.54, 1.807) is 30.1 Å². The lowest BCUT2D eigenvalue weighted by molar-refractivity contribution is -0.0927. The van der Waals surface area contributed by atoms with Crippen LogP contribution in [0, 0.1) is 6.92 Å². The van der Waals surface area contributed by atoms with Gasteiger partial charge in [0.15, 0.2) is 0 Å². The number of amides is 1. The number of hydrogen-bond donors (Lipinski definition) is 0. The topological polar surface area (TPSA) is 73.1 Å². The minimum atomic E-state index is -0.303. The molecule has 0 bridgehead atoms. The molecule has 8 heteroatoms. The molecule has 0 unspecified atom stereocenters. The van der Waals surface area contributed by atoms with Crippen molar-refractivity contribution in [1.82, 2.24) is 24.4 Å². The summed E-state index contributed by atoms with van der Waals surface area (Å²) in [5.41, 5.74) is 3.33. The number of carbonyl (C=O) groups excluding carboxylic acids is 1. The molecule has 1 fully saturated rings. The monoisotopic (exact) mass is 409 g/mol. The molecular weight excluding hydrogens is 386 g/mol. The SMILES string of the molecule is Cc1ncn(C)c1C(=O)N1CCC2(CC1)OCCc1sc(-c3cnccn3)cc12. The van der Waals surface area contributed by atoms with Gasteiger partial charge in [0, 0.05) is 43.8 Å². The molecule has 1 saturated heterocycles. The summed E-state index contributed by atoms with van der Waals surface area (Å²) in [6, 6.07) is 2.23. The largest absolute Gasteiger partial charge is 0.370 e. The van der Waals surface area contributed by atoms with E-state index in [-0.39, 0.29) is 11.5 Å². The number of aromatic nitrogens is 4. The van der Waals surface area contributed by atoms with Gasteiger partial charge in [0.1, 0.15) is 5.69 Å². The van der Waals surface area contributed by atoms with Crippen molar-refractivity contribution < 1.29 is 9.53 Å². The van der Waals surface area contributed by atoms with Crippen LogP contribution in [-0.4, -0.2) is 50.0 Å². The zero-order valence-corrected chi connectivity index (χ0v) is 17.4. The number of carbonyl (C=O) groups is 1. The Morgan fingerprint density at radius 3 is 2.76 bits per heavy atom. The van der Waals surface area contributed by atoms with Gasteiger partial charge in [-0.1, -0.05) is 0 Å². The van der Waals surface area contributed by atoms with Gasteiger partial charge in [0.25, 0.3) is 5.91 Å². The van der Waals surface area contributed by atoms with E-state index in [0.717, 1.165) is 42.1 Å². The number of thiophene rings is 1. The van der Waals surface area contributed by atoms with E-state index in [9.17, 15) is 4.79 Å². The van der Waals surface area contributed by atoms with E-state index < -0.39 is 0 Å². The third kappa shape index (κ3) is 3.07. The maximum atomic E-state index is 13.0. The smallest absolute Gasteiger partial charge is 0.272 e. The van der Waals surface area contributed by atoms with Crippen molar-refractivity contribution in [3.63, 3.8) is 0 Å². The molecule has 3 aromatic rings. The third-order valence-electron chi connectivity index (χ3n) is 6.00. The van der Waals surface area contributed by atoms with Crippen molar-refractivity contribution in [2.45, 2.75) is 31.8 Å². The molecule has 0 radical (unpaired) electrons. The predicted molar refractivity (Wildman–Crippen MR) is 110 cm³/mol. The van der Waals surface area contributed by atoms with Crippen molar-refractivity contribution in [3.05, 3.63) is 52.8 Å². The summed E-state index contributed by atoms with van der Waals surface area (Å²) in [7, 11) is 1.87. The molecule has 0 atom stereocenters. The van der Waals surface area contributed by atoms with Gasteiger partial charge < -0.3 is 14.2 Å². The molecule has 0 N–H and O–H groups in total. The van der Waals surface area contributed by atoms with E-state index in [1.165, 1.54) is 10.4 Å². The second kappa shape index (κ2) is 7.03. The van der Waals surface area contributed by atoms with Crippen LogP contribution in [-0.2, 0) is 23.8 Å². The fraction of sp³-hybridized carbons (Fsp3) is 0.429. The summed E-state index contributed by atoms with van der Waals surface area (Å²) in [6.45, 7) is 3.97. The first kappa shape index (κ1) is 18.4. The van der Waals surface area contributed by atoms with Crippen LogP contribution in [0.5, 0.6) is 0 Å². The minimum absolute atomic E-state index is 0.0546. The number of rotatable bonds is 2. The van der Waals surface area contributed by atoms with Crippen LogP contribution in [0.25, 0.3) is 10.6 Å². The Balaban J connectivity index is 1.39. The molecular formula is C21H23N5O2S. The second-order valence-corrected chi connectivity index (χ2v) is 8.85. The Morgan fingerprint density at radius 1 is 1.24 bits per heavy atom. The summed E-state index contributed by atoms with van der Waals surface area (Å²) in [4.78, 5) is 30.4. The van der Waals surface area contributed by atoms with E-state index in [2.05, 4.69) is 21.0 Å². The number of imidazole rings is 1. The molecule has 0 aromatic carbocycles.